The van der Waals surface area contributed by atoms with Crippen LogP contribution in [0.15, 0.2) is 5.38 Å². The summed E-state index contributed by atoms with van der Waals surface area (Å²) in [6, 6.07) is -0.725. The molecule has 1 saturated heterocycles. The number of anilines is 1. The van der Waals surface area contributed by atoms with Crippen molar-refractivity contribution in [2.45, 2.75) is 26.8 Å². The van der Waals surface area contributed by atoms with E-state index in [1.54, 1.807) is 19.2 Å². The molecule has 1 aromatic rings. The molecule has 3 N–H and O–H groups in total. The van der Waals surface area contributed by atoms with Crippen LogP contribution in [-0.4, -0.2) is 55.1 Å². The van der Waals surface area contributed by atoms with E-state index in [-0.39, 0.29) is 17.5 Å². The molecular formula is C15H23N5O4S. The summed E-state index contributed by atoms with van der Waals surface area (Å²) in [6.07, 6.45) is 0. The van der Waals surface area contributed by atoms with Crippen molar-refractivity contribution in [3.05, 3.63) is 11.1 Å². The molecule has 1 aromatic heterocycles. The molecular weight excluding hydrogens is 346 g/mol. The Morgan fingerprint density at radius 1 is 1.24 bits per heavy atom. The molecule has 10 heteroatoms. The summed E-state index contributed by atoms with van der Waals surface area (Å²) in [5.74, 6) is -1.42. The van der Waals surface area contributed by atoms with Gasteiger partial charge >= 0.3 is 0 Å². The molecule has 3 amide bonds. The van der Waals surface area contributed by atoms with E-state index in [2.05, 4.69) is 26.1 Å². The topological polar surface area (TPSA) is 113 Å². The van der Waals surface area contributed by atoms with Gasteiger partial charge in [0.2, 0.25) is 5.91 Å². The lowest BCUT2D eigenvalue weighted by molar-refractivity contribution is -0.129. The molecule has 2 heterocycles. The van der Waals surface area contributed by atoms with Crippen molar-refractivity contribution in [2.24, 2.45) is 5.92 Å². The minimum atomic E-state index is -0.725. The fraction of sp³-hybridized carbons (Fsp3) is 0.600. The average molecular weight is 369 g/mol. The Labute approximate surface area is 150 Å². The Morgan fingerprint density at radius 2 is 1.92 bits per heavy atom. The number of hydrogen-bond acceptors (Lipinski definition) is 7. The van der Waals surface area contributed by atoms with Crippen molar-refractivity contribution < 1.29 is 19.1 Å². The molecule has 1 fully saturated rings. The molecule has 138 valence electrons. The highest BCUT2D eigenvalue weighted by Crippen LogP contribution is 2.21. The number of hydrazine groups is 1. The van der Waals surface area contributed by atoms with E-state index in [1.165, 1.54) is 18.3 Å². The fourth-order valence-electron chi connectivity index (χ4n) is 2.28. The van der Waals surface area contributed by atoms with Gasteiger partial charge in [-0.3, -0.25) is 25.2 Å². The minimum absolute atomic E-state index is 0.118. The molecule has 0 bridgehead atoms. The number of nitrogens with one attached hydrogen (secondary N) is 3. The molecule has 0 aliphatic carbocycles. The van der Waals surface area contributed by atoms with Gasteiger partial charge in [0.1, 0.15) is 11.7 Å². The van der Waals surface area contributed by atoms with Gasteiger partial charge in [0.25, 0.3) is 11.8 Å². The first-order valence-corrected chi connectivity index (χ1v) is 8.92. The lowest BCUT2D eigenvalue weighted by Crippen LogP contribution is -2.54. The number of hydrogen-bond donors (Lipinski definition) is 3. The maximum Gasteiger partial charge on any atom is 0.289 e. The van der Waals surface area contributed by atoms with Crippen molar-refractivity contribution in [3.63, 3.8) is 0 Å². The lowest BCUT2D eigenvalue weighted by atomic mass is 10.0. The normalized spacial score (nSPS) is 15.6. The van der Waals surface area contributed by atoms with Gasteiger partial charge in [-0.05, 0) is 5.92 Å². The lowest BCUT2D eigenvalue weighted by Gasteiger charge is -2.25. The van der Waals surface area contributed by atoms with Crippen molar-refractivity contribution in [2.75, 3.05) is 31.2 Å². The van der Waals surface area contributed by atoms with Crippen molar-refractivity contribution in [3.8, 4) is 0 Å². The number of rotatable bonds is 5. The largest absolute Gasteiger partial charge is 0.378 e. The smallest absolute Gasteiger partial charge is 0.289 e. The minimum Gasteiger partial charge on any atom is -0.378 e. The number of amides is 3. The molecule has 25 heavy (non-hydrogen) atoms. The number of thiazole rings is 1. The van der Waals surface area contributed by atoms with Crippen LogP contribution < -0.4 is 21.1 Å². The van der Waals surface area contributed by atoms with Crippen molar-refractivity contribution in [1.29, 1.82) is 0 Å². The summed E-state index contributed by atoms with van der Waals surface area (Å²) in [7, 11) is 0. The Morgan fingerprint density at radius 3 is 2.52 bits per heavy atom. The second kappa shape index (κ2) is 8.77. The molecule has 1 aliphatic rings. The van der Waals surface area contributed by atoms with E-state index in [9.17, 15) is 14.4 Å². The zero-order chi connectivity index (χ0) is 18.4. The predicted octanol–water partition coefficient (Wildman–Crippen LogP) is -0.0986. The third-order valence-electron chi connectivity index (χ3n) is 3.61. The Balaban J connectivity index is 1.90. The van der Waals surface area contributed by atoms with Gasteiger partial charge in [0, 0.05) is 25.4 Å². The second-order valence-corrected chi connectivity index (χ2v) is 6.82. The van der Waals surface area contributed by atoms with E-state index in [4.69, 9.17) is 4.74 Å². The number of ether oxygens (including phenoxy) is 1. The maximum absolute atomic E-state index is 12.1. The molecule has 0 aromatic carbocycles. The number of carbonyl (C=O) groups excluding carboxylic acids is 3. The first kappa shape index (κ1) is 19.1. The molecule has 0 unspecified atom stereocenters. The highest BCUT2D eigenvalue weighted by Gasteiger charge is 2.24. The first-order valence-electron chi connectivity index (χ1n) is 8.04. The van der Waals surface area contributed by atoms with Crippen LogP contribution in [0.5, 0.6) is 0 Å². The summed E-state index contributed by atoms with van der Waals surface area (Å²) < 4.78 is 5.29. The van der Waals surface area contributed by atoms with E-state index in [1.807, 2.05) is 0 Å². The van der Waals surface area contributed by atoms with Crippen LogP contribution in [0.3, 0.4) is 0 Å². The van der Waals surface area contributed by atoms with Crippen LogP contribution in [0, 0.1) is 5.92 Å². The van der Waals surface area contributed by atoms with Gasteiger partial charge in [-0.25, -0.2) is 4.98 Å². The average Bonchev–Trinajstić information content (AvgIpc) is 3.08. The highest BCUT2D eigenvalue weighted by molar-refractivity contribution is 7.13. The SMILES string of the molecule is CC(=O)N[C@H](C(=O)NNC(=O)c1csc(N2CCOCC2)n1)C(C)C. The fourth-order valence-corrected chi connectivity index (χ4v) is 3.14. The summed E-state index contributed by atoms with van der Waals surface area (Å²) in [4.78, 5) is 41.8. The van der Waals surface area contributed by atoms with Gasteiger partial charge in [0.15, 0.2) is 5.13 Å². The summed E-state index contributed by atoms with van der Waals surface area (Å²) in [5.41, 5.74) is 4.90. The maximum atomic E-state index is 12.1. The zero-order valence-corrected chi connectivity index (χ0v) is 15.3. The number of aromatic nitrogens is 1. The molecule has 0 radical (unpaired) electrons. The van der Waals surface area contributed by atoms with Crippen LogP contribution in [0.1, 0.15) is 31.3 Å². The summed E-state index contributed by atoms with van der Waals surface area (Å²) in [6.45, 7) is 7.68. The second-order valence-electron chi connectivity index (χ2n) is 5.98. The molecule has 1 aliphatic heterocycles. The predicted molar refractivity (Wildman–Crippen MR) is 93.2 cm³/mol. The summed E-state index contributed by atoms with van der Waals surface area (Å²) in [5, 5.41) is 4.94. The zero-order valence-electron chi connectivity index (χ0n) is 14.5. The summed E-state index contributed by atoms with van der Waals surface area (Å²) >= 11 is 1.37. The van der Waals surface area contributed by atoms with Crippen LogP contribution in [0.2, 0.25) is 0 Å². The Hall–Kier alpha value is -2.20. The van der Waals surface area contributed by atoms with E-state index in [0.717, 1.165) is 18.2 Å². The van der Waals surface area contributed by atoms with Gasteiger partial charge in [0.05, 0.1) is 13.2 Å². The highest BCUT2D eigenvalue weighted by atomic mass is 32.1. The van der Waals surface area contributed by atoms with Gasteiger partial charge in [-0.2, -0.15) is 0 Å². The van der Waals surface area contributed by atoms with E-state index in [0.29, 0.717) is 13.2 Å². The molecule has 0 saturated carbocycles. The van der Waals surface area contributed by atoms with E-state index < -0.39 is 17.9 Å². The molecule has 2 rings (SSSR count). The number of morpholine rings is 1. The Bertz CT molecular complexity index is 627. The molecule has 1 atom stereocenters. The van der Waals surface area contributed by atoms with Crippen LogP contribution in [-0.2, 0) is 14.3 Å². The monoisotopic (exact) mass is 369 g/mol. The molecule has 9 nitrogen and oxygen atoms in total. The van der Waals surface area contributed by atoms with Crippen molar-refractivity contribution in [1.82, 2.24) is 21.2 Å². The first-order chi connectivity index (χ1) is 11.9. The number of nitrogens with zero attached hydrogens (tertiary/aromatic N) is 2. The third-order valence-corrected chi connectivity index (χ3v) is 4.51. The van der Waals surface area contributed by atoms with Crippen LogP contribution in [0.4, 0.5) is 5.13 Å². The third kappa shape index (κ3) is 5.40. The standard InChI is InChI=1S/C15H23N5O4S/c1-9(2)12(16-10(3)21)14(23)19-18-13(22)11-8-25-15(17-11)20-4-6-24-7-5-20/h8-9,12H,4-7H2,1-3H3,(H,16,21)(H,18,22)(H,19,23)/t12-/m0/s1. The Kier molecular flexibility index (Phi) is 6.71. The van der Waals surface area contributed by atoms with Crippen LogP contribution in [0.25, 0.3) is 0 Å². The van der Waals surface area contributed by atoms with Gasteiger partial charge in [-0.15, -0.1) is 11.3 Å². The van der Waals surface area contributed by atoms with E-state index >= 15 is 0 Å². The molecule has 0 spiro atoms. The van der Waals surface area contributed by atoms with Gasteiger partial charge < -0.3 is 15.0 Å². The van der Waals surface area contributed by atoms with Crippen molar-refractivity contribution >= 4 is 34.2 Å². The quantitative estimate of drug-likeness (QED) is 0.625. The van der Waals surface area contributed by atoms with Gasteiger partial charge in [-0.1, -0.05) is 13.8 Å². The number of carbonyl (C=O) groups is 3. The van der Waals surface area contributed by atoms with Crippen LogP contribution >= 0.6 is 11.3 Å².